The third-order valence-corrected chi connectivity index (χ3v) is 4.37. The Hall–Kier alpha value is -2.22. The number of rotatable bonds is 4. The van der Waals surface area contributed by atoms with E-state index in [2.05, 4.69) is 32.9 Å². The van der Waals surface area contributed by atoms with Crippen molar-refractivity contribution in [1.82, 2.24) is 14.9 Å². The molecule has 0 radical (unpaired) electrons. The molecule has 0 aliphatic heterocycles. The summed E-state index contributed by atoms with van der Waals surface area (Å²) in [6.07, 6.45) is 3.39. The van der Waals surface area contributed by atoms with Gasteiger partial charge in [-0.15, -0.1) is 0 Å². The van der Waals surface area contributed by atoms with Gasteiger partial charge in [-0.1, -0.05) is 24.3 Å². The lowest BCUT2D eigenvalue weighted by Crippen LogP contribution is -2.31. The zero-order valence-electron chi connectivity index (χ0n) is 12.9. The number of amides is 1. The van der Waals surface area contributed by atoms with Crippen molar-refractivity contribution in [2.45, 2.75) is 6.04 Å². The number of carbonyl (C=O) groups is 1. The molecule has 0 aliphatic rings. The van der Waals surface area contributed by atoms with Crippen LogP contribution in [0.4, 0.5) is 4.39 Å². The maximum atomic E-state index is 14.3. The summed E-state index contributed by atoms with van der Waals surface area (Å²) >= 11 is 2.15. The summed E-state index contributed by atoms with van der Waals surface area (Å²) in [4.78, 5) is 16.9. The lowest BCUT2D eigenvalue weighted by Gasteiger charge is -2.20. The Kier molecular flexibility index (Phi) is 4.94. The molecule has 24 heavy (non-hydrogen) atoms. The molecule has 1 aromatic heterocycles. The van der Waals surface area contributed by atoms with Gasteiger partial charge in [-0.25, -0.2) is 9.37 Å². The molecule has 0 aliphatic carbocycles. The standard InChI is InChI=1S/C18H15FIN3O/c1-23-10-9-21-17(23)16(14-7-2-3-8-15(14)19)22-18(24)12-5-4-6-13(20)11-12/h2-11,16H,1H3,(H,22,24)/t16-/m0/s1. The number of aromatic nitrogens is 2. The van der Waals surface area contributed by atoms with Crippen LogP contribution in [0.15, 0.2) is 60.9 Å². The number of hydrogen-bond donors (Lipinski definition) is 1. The van der Waals surface area contributed by atoms with Crippen LogP contribution in [0.5, 0.6) is 0 Å². The van der Waals surface area contributed by atoms with Crippen LogP contribution < -0.4 is 5.32 Å². The van der Waals surface area contributed by atoms with Crippen molar-refractivity contribution in [1.29, 1.82) is 0 Å². The predicted octanol–water partition coefficient (Wildman–Crippen LogP) is 3.68. The topological polar surface area (TPSA) is 46.9 Å². The van der Waals surface area contributed by atoms with Crippen LogP contribution in [0, 0.1) is 9.39 Å². The zero-order valence-corrected chi connectivity index (χ0v) is 15.1. The van der Waals surface area contributed by atoms with Crippen LogP contribution in [0.2, 0.25) is 0 Å². The molecular formula is C18H15FIN3O. The highest BCUT2D eigenvalue weighted by Crippen LogP contribution is 2.23. The van der Waals surface area contributed by atoms with E-state index in [1.54, 1.807) is 47.3 Å². The van der Waals surface area contributed by atoms with Gasteiger partial charge in [-0.2, -0.15) is 0 Å². The van der Waals surface area contributed by atoms with Crippen LogP contribution in [0.3, 0.4) is 0 Å². The predicted molar refractivity (Wildman–Crippen MR) is 98.1 cm³/mol. The Morgan fingerprint density at radius 1 is 1.25 bits per heavy atom. The van der Waals surface area contributed by atoms with Gasteiger partial charge in [0.2, 0.25) is 0 Å². The largest absolute Gasteiger partial charge is 0.338 e. The normalized spacial score (nSPS) is 12.0. The molecule has 0 saturated carbocycles. The average Bonchev–Trinajstić information content (AvgIpc) is 2.99. The Morgan fingerprint density at radius 3 is 2.71 bits per heavy atom. The van der Waals surface area contributed by atoms with E-state index in [1.165, 1.54) is 6.07 Å². The highest BCUT2D eigenvalue weighted by molar-refractivity contribution is 14.1. The molecule has 1 amide bonds. The number of hydrogen-bond acceptors (Lipinski definition) is 2. The van der Waals surface area contributed by atoms with Gasteiger partial charge >= 0.3 is 0 Å². The van der Waals surface area contributed by atoms with Crippen LogP contribution in [0.1, 0.15) is 27.8 Å². The molecule has 6 heteroatoms. The van der Waals surface area contributed by atoms with E-state index >= 15 is 0 Å². The molecule has 0 bridgehead atoms. The lowest BCUT2D eigenvalue weighted by atomic mass is 10.0. The van der Waals surface area contributed by atoms with Crippen LogP contribution in [0.25, 0.3) is 0 Å². The average molecular weight is 435 g/mol. The van der Waals surface area contributed by atoms with E-state index in [-0.39, 0.29) is 11.7 Å². The van der Waals surface area contributed by atoms with E-state index in [1.807, 2.05) is 19.2 Å². The monoisotopic (exact) mass is 435 g/mol. The Morgan fingerprint density at radius 2 is 2.04 bits per heavy atom. The fourth-order valence-electron chi connectivity index (χ4n) is 2.49. The molecule has 1 N–H and O–H groups in total. The first-order valence-corrected chi connectivity index (χ1v) is 8.42. The summed E-state index contributed by atoms with van der Waals surface area (Å²) in [6.45, 7) is 0. The first-order valence-electron chi connectivity index (χ1n) is 7.34. The molecule has 0 spiro atoms. The molecule has 0 unspecified atom stereocenters. The molecule has 4 nitrogen and oxygen atoms in total. The maximum Gasteiger partial charge on any atom is 0.252 e. The molecule has 3 rings (SSSR count). The number of benzene rings is 2. The summed E-state index contributed by atoms with van der Waals surface area (Å²) in [5.74, 6) is -0.0858. The van der Waals surface area contributed by atoms with Gasteiger partial charge < -0.3 is 9.88 Å². The SMILES string of the molecule is Cn1ccnc1[C@@H](NC(=O)c1cccc(I)c1)c1ccccc1F. The minimum absolute atomic E-state index is 0.273. The highest BCUT2D eigenvalue weighted by atomic mass is 127. The maximum absolute atomic E-state index is 14.3. The molecule has 0 saturated heterocycles. The van der Waals surface area contributed by atoms with Gasteiger partial charge in [-0.3, -0.25) is 4.79 Å². The third-order valence-electron chi connectivity index (χ3n) is 3.70. The second-order valence-electron chi connectivity index (χ2n) is 5.33. The highest BCUT2D eigenvalue weighted by Gasteiger charge is 2.24. The van der Waals surface area contributed by atoms with Gasteiger partial charge in [0.15, 0.2) is 0 Å². The summed E-state index contributed by atoms with van der Waals surface area (Å²) < 4.78 is 17.0. The molecular weight excluding hydrogens is 420 g/mol. The molecule has 1 heterocycles. The third kappa shape index (κ3) is 3.48. The number of nitrogens with one attached hydrogen (secondary N) is 1. The van der Waals surface area contributed by atoms with Crippen molar-refractivity contribution < 1.29 is 9.18 Å². The smallest absolute Gasteiger partial charge is 0.252 e. The van der Waals surface area contributed by atoms with Crippen LogP contribution >= 0.6 is 22.6 Å². The molecule has 122 valence electrons. The van der Waals surface area contributed by atoms with Crippen molar-refractivity contribution in [2.24, 2.45) is 7.05 Å². The molecule has 3 aromatic rings. The van der Waals surface area contributed by atoms with Crippen molar-refractivity contribution in [3.63, 3.8) is 0 Å². The quantitative estimate of drug-likeness (QED) is 0.636. The summed E-state index contributed by atoms with van der Waals surface area (Å²) in [6, 6.07) is 13.0. The second-order valence-corrected chi connectivity index (χ2v) is 6.58. The van der Waals surface area contributed by atoms with Gasteiger partial charge in [0, 0.05) is 34.1 Å². The van der Waals surface area contributed by atoms with Crippen molar-refractivity contribution in [3.8, 4) is 0 Å². The first-order chi connectivity index (χ1) is 11.6. The molecule has 0 fully saturated rings. The number of carbonyl (C=O) groups excluding carboxylic acids is 1. The summed E-state index contributed by atoms with van der Waals surface area (Å²) in [7, 11) is 1.81. The number of aryl methyl sites for hydroxylation is 1. The van der Waals surface area contributed by atoms with Crippen LogP contribution in [-0.2, 0) is 7.05 Å². The second kappa shape index (κ2) is 7.12. The number of nitrogens with zero attached hydrogens (tertiary/aromatic N) is 2. The fraction of sp³-hybridized carbons (Fsp3) is 0.111. The minimum atomic E-state index is -0.670. The Labute approximate surface area is 152 Å². The van der Waals surface area contributed by atoms with Gasteiger partial charge in [0.05, 0.1) is 0 Å². The Balaban J connectivity index is 1.98. The lowest BCUT2D eigenvalue weighted by molar-refractivity contribution is 0.0940. The molecule has 1 atom stereocenters. The molecule has 2 aromatic carbocycles. The van der Waals surface area contributed by atoms with Crippen molar-refractivity contribution in [2.75, 3.05) is 0 Å². The van der Waals surface area contributed by atoms with E-state index in [4.69, 9.17) is 0 Å². The minimum Gasteiger partial charge on any atom is -0.338 e. The van der Waals surface area contributed by atoms with Gasteiger partial charge in [0.1, 0.15) is 17.7 Å². The zero-order chi connectivity index (χ0) is 17.1. The van der Waals surface area contributed by atoms with Crippen LogP contribution in [-0.4, -0.2) is 15.5 Å². The van der Waals surface area contributed by atoms with E-state index in [0.29, 0.717) is 17.0 Å². The van der Waals surface area contributed by atoms with Gasteiger partial charge in [-0.05, 0) is 46.9 Å². The van der Waals surface area contributed by atoms with Crippen molar-refractivity contribution >= 4 is 28.5 Å². The van der Waals surface area contributed by atoms with E-state index in [9.17, 15) is 9.18 Å². The van der Waals surface area contributed by atoms with Gasteiger partial charge in [0.25, 0.3) is 5.91 Å². The first kappa shape index (κ1) is 16.6. The Bertz CT molecular complexity index is 878. The number of imidazole rings is 1. The number of halogens is 2. The fourth-order valence-corrected chi connectivity index (χ4v) is 3.03. The van der Waals surface area contributed by atoms with E-state index in [0.717, 1.165) is 3.57 Å². The summed E-state index contributed by atoms with van der Waals surface area (Å²) in [5.41, 5.74) is 0.906. The van der Waals surface area contributed by atoms with Crippen molar-refractivity contribution in [3.05, 3.63) is 87.3 Å². The van der Waals surface area contributed by atoms with E-state index < -0.39 is 6.04 Å². The summed E-state index contributed by atoms with van der Waals surface area (Å²) in [5, 5.41) is 2.90.